The Balaban J connectivity index is 2.92. The number of hydrogen-bond donors (Lipinski definition) is 1. The molecule has 5 nitrogen and oxygen atoms in total. The Morgan fingerprint density at radius 1 is 1.73 bits per heavy atom. The third kappa shape index (κ3) is 2.82. The van der Waals surface area contributed by atoms with Crippen molar-refractivity contribution in [3.05, 3.63) is 22.6 Å². The first-order valence-electron chi connectivity index (χ1n) is 4.61. The summed E-state index contributed by atoms with van der Waals surface area (Å²) in [5.41, 5.74) is 5.96. The number of terminal acetylenes is 1. The lowest BCUT2D eigenvalue weighted by Crippen LogP contribution is -2.28. The second kappa shape index (κ2) is 5.17. The zero-order valence-corrected chi connectivity index (χ0v) is 8.68. The van der Waals surface area contributed by atoms with Crippen LogP contribution in [0.25, 0.3) is 0 Å². The van der Waals surface area contributed by atoms with Crippen molar-refractivity contribution in [2.45, 2.75) is 6.54 Å². The van der Waals surface area contributed by atoms with Crippen LogP contribution in [-0.4, -0.2) is 29.9 Å². The highest BCUT2D eigenvalue weighted by Crippen LogP contribution is 2.05. The SMILES string of the molecule is C#CCn1ncc(N(C)CCN)cc1=O. The molecule has 0 spiro atoms. The van der Waals surface area contributed by atoms with E-state index in [1.165, 1.54) is 10.7 Å². The highest BCUT2D eigenvalue weighted by molar-refractivity contribution is 5.41. The molecule has 5 heteroatoms. The van der Waals surface area contributed by atoms with Crippen molar-refractivity contribution in [3.8, 4) is 12.3 Å². The van der Waals surface area contributed by atoms with E-state index < -0.39 is 0 Å². The van der Waals surface area contributed by atoms with Crippen LogP contribution < -0.4 is 16.2 Å². The quantitative estimate of drug-likeness (QED) is 0.660. The summed E-state index contributed by atoms with van der Waals surface area (Å²) in [5, 5.41) is 3.95. The van der Waals surface area contributed by atoms with Crippen LogP contribution in [0.1, 0.15) is 0 Å². The summed E-state index contributed by atoms with van der Waals surface area (Å²) in [6, 6.07) is 1.50. The highest BCUT2D eigenvalue weighted by atomic mass is 16.1. The van der Waals surface area contributed by atoms with Gasteiger partial charge in [0.05, 0.1) is 11.9 Å². The van der Waals surface area contributed by atoms with Crippen LogP contribution in [0.5, 0.6) is 0 Å². The summed E-state index contributed by atoms with van der Waals surface area (Å²) < 4.78 is 1.24. The number of nitrogens with zero attached hydrogens (tertiary/aromatic N) is 3. The minimum Gasteiger partial charge on any atom is -0.372 e. The Hall–Kier alpha value is -1.80. The molecule has 2 N–H and O–H groups in total. The molecule has 0 radical (unpaired) electrons. The maximum absolute atomic E-state index is 11.5. The van der Waals surface area contributed by atoms with Crippen LogP contribution in [0, 0.1) is 12.3 Å². The molecular formula is C10H14N4O. The fourth-order valence-corrected chi connectivity index (χ4v) is 1.16. The lowest BCUT2D eigenvalue weighted by Gasteiger charge is -2.17. The van der Waals surface area contributed by atoms with Gasteiger partial charge >= 0.3 is 0 Å². The molecule has 0 saturated carbocycles. The summed E-state index contributed by atoms with van der Waals surface area (Å²) in [6.45, 7) is 1.41. The summed E-state index contributed by atoms with van der Waals surface area (Å²) in [7, 11) is 1.86. The van der Waals surface area contributed by atoms with Gasteiger partial charge in [-0.3, -0.25) is 4.79 Å². The van der Waals surface area contributed by atoms with Crippen molar-refractivity contribution in [2.75, 3.05) is 25.0 Å². The van der Waals surface area contributed by atoms with E-state index in [4.69, 9.17) is 12.2 Å². The van der Waals surface area contributed by atoms with Gasteiger partial charge in [-0.25, -0.2) is 4.68 Å². The summed E-state index contributed by atoms with van der Waals surface area (Å²) >= 11 is 0. The third-order valence-electron chi connectivity index (χ3n) is 2.00. The van der Waals surface area contributed by atoms with Crippen LogP contribution >= 0.6 is 0 Å². The summed E-state index contributed by atoms with van der Waals surface area (Å²) in [5.74, 6) is 2.37. The number of likely N-dealkylation sites (N-methyl/N-ethyl adjacent to an activating group) is 1. The zero-order valence-electron chi connectivity index (χ0n) is 8.68. The van der Waals surface area contributed by atoms with Crippen molar-refractivity contribution in [1.29, 1.82) is 0 Å². The van der Waals surface area contributed by atoms with E-state index in [1.54, 1.807) is 6.20 Å². The molecular weight excluding hydrogens is 192 g/mol. The molecule has 0 aliphatic carbocycles. The van der Waals surface area contributed by atoms with E-state index in [2.05, 4.69) is 11.0 Å². The van der Waals surface area contributed by atoms with Crippen LogP contribution in [-0.2, 0) is 6.54 Å². The van der Waals surface area contributed by atoms with E-state index in [9.17, 15) is 4.79 Å². The fraction of sp³-hybridized carbons (Fsp3) is 0.400. The molecule has 1 aromatic rings. The summed E-state index contributed by atoms with van der Waals surface area (Å²) in [6.07, 6.45) is 6.70. The Bertz CT molecular complexity index is 418. The maximum atomic E-state index is 11.5. The van der Waals surface area contributed by atoms with Gasteiger partial charge in [0, 0.05) is 26.2 Å². The highest BCUT2D eigenvalue weighted by Gasteiger charge is 2.02. The number of anilines is 1. The molecule has 0 aliphatic rings. The summed E-state index contributed by atoms with van der Waals surface area (Å²) in [4.78, 5) is 13.4. The van der Waals surface area contributed by atoms with Crippen molar-refractivity contribution in [3.63, 3.8) is 0 Å². The molecule has 0 fully saturated rings. The Kier molecular flexibility index (Phi) is 3.89. The van der Waals surface area contributed by atoms with Crippen molar-refractivity contribution in [1.82, 2.24) is 9.78 Å². The van der Waals surface area contributed by atoms with E-state index in [0.717, 1.165) is 5.69 Å². The van der Waals surface area contributed by atoms with Crippen LogP contribution in [0.4, 0.5) is 5.69 Å². The number of rotatable bonds is 4. The largest absolute Gasteiger partial charge is 0.372 e. The van der Waals surface area contributed by atoms with Gasteiger partial charge in [0.2, 0.25) is 0 Å². The average Bonchev–Trinajstić information content (AvgIpc) is 2.21. The molecule has 0 aromatic carbocycles. The minimum atomic E-state index is -0.200. The monoisotopic (exact) mass is 206 g/mol. The van der Waals surface area contributed by atoms with Gasteiger partial charge in [-0.1, -0.05) is 5.92 Å². The fourth-order valence-electron chi connectivity index (χ4n) is 1.16. The van der Waals surface area contributed by atoms with Gasteiger partial charge in [-0.15, -0.1) is 6.42 Å². The molecule has 1 heterocycles. The van der Waals surface area contributed by atoms with Gasteiger partial charge in [0.15, 0.2) is 0 Å². The minimum absolute atomic E-state index is 0.194. The lowest BCUT2D eigenvalue weighted by atomic mass is 10.4. The van der Waals surface area contributed by atoms with Gasteiger partial charge < -0.3 is 10.6 Å². The predicted molar refractivity (Wildman–Crippen MR) is 59.7 cm³/mol. The van der Waals surface area contributed by atoms with Crippen molar-refractivity contribution < 1.29 is 0 Å². The molecule has 1 rings (SSSR count). The van der Waals surface area contributed by atoms with Crippen molar-refractivity contribution in [2.24, 2.45) is 5.73 Å². The molecule has 0 aliphatic heterocycles. The first kappa shape index (κ1) is 11.3. The van der Waals surface area contributed by atoms with Gasteiger partial charge in [0.1, 0.15) is 6.54 Å². The van der Waals surface area contributed by atoms with Gasteiger partial charge in [-0.2, -0.15) is 5.10 Å². The molecule has 0 bridgehead atoms. The van der Waals surface area contributed by atoms with Gasteiger partial charge in [-0.05, 0) is 0 Å². The van der Waals surface area contributed by atoms with Crippen LogP contribution in [0.3, 0.4) is 0 Å². The second-order valence-corrected chi connectivity index (χ2v) is 3.12. The van der Waals surface area contributed by atoms with E-state index in [-0.39, 0.29) is 12.1 Å². The first-order valence-corrected chi connectivity index (χ1v) is 4.61. The van der Waals surface area contributed by atoms with E-state index in [0.29, 0.717) is 13.1 Å². The molecule has 0 amide bonds. The van der Waals surface area contributed by atoms with E-state index >= 15 is 0 Å². The number of aromatic nitrogens is 2. The average molecular weight is 206 g/mol. The van der Waals surface area contributed by atoms with Crippen LogP contribution in [0.2, 0.25) is 0 Å². The first-order chi connectivity index (χ1) is 7.19. The third-order valence-corrected chi connectivity index (χ3v) is 2.00. The van der Waals surface area contributed by atoms with Crippen LogP contribution in [0.15, 0.2) is 17.1 Å². The molecule has 15 heavy (non-hydrogen) atoms. The van der Waals surface area contributed by atoms with Gasteiger partial charge in [0.25, 0.3) is 5.56 Å². The molecule has 1 aromatic heterocycles. The standard InChI is InChI=1S/C10H14N4O/c1-3-5-14-10(15)7-9(8-12-14)13(2)6-4-11/h1,7-8H,4-6,11H2,2H3. The lowest BCUT2D eigenvalue weighted by molar-refractivity contribution is 0.660. The maximum Gasteiger partial charge on any atom is 0.269 e. The topological polar surface area (TPSA) is 64.2 Å². The normalized spacial score (nSPS) is 9.67. The van der Waals surface area contributed by atoms with Crippen molar-refractivity contribution >= 4 is 5.69 Å². The second-order valence-electron chi connectivity index (χ2n) is 3.12. The molecule has 80 valence electrons. The Morgan fingerprint density at radius 2 is 2.47 bits per heavy atom. The number of hydrogen-bond acceptors (Lipinski definition) is 4. The molecule has 0 unspecified atom stereocenters. The molecule has 0 atom stereocenters. The predicted octanol–water partition coefficient (Wildman–Crippen LogP) is -0.729. The Labute approximate surface area is 88.5 Å². The smallest absolute Gasteiger partial charge is 0.269 e. The molecule has 0 saturated heterocycles. The number of nitrogens with two attached hydrogens (primary N) is 1. The van der Waals surface area contributed by atoms with E-state index in [1.807, 2.05) is 11.9 Å². The Morgan fingerprint density at radius 3 is 3.00 bits per heavy atom. The zero-order chi connectivity index (χ0) is 11.3.